The van der Waals surface area contributed by atoms with Crippen molar-refractivity contribution in [3.05, 3.63) is 11.6 Å². The van der Waals surface area contributed by atoms with Crippen molar-refractivity contribution >= 4 is 15.9 Å². The summed E-state index contributed by atoms with van der Waals surface area (Å²) in [5.74, 6) is 5.74. The molecule has 28 heavy (non-hydrogen) atoms. The molecule has 3 fully saturated rings. The van der Waals surface area contributed by atoms with Gasteiger partial charge >= 0.3 is 0 Å². The summed E-state index contributed by atoms with van der Waals surface area (Å²) in [5, 5.41) is 0. The van der Waals surface area contributed by atoms with E-state index < -0.39 is 0 Å². The van der Waals surface area contributed by atoms with Gasteiger partial charge in [0.15, 0.2) is 0 Å². The summed E-state index contributed by atoms with van der Waals surface area (Å²) in [6, 6.07) is 0. The Kier molecular flexibility index (Phi) is 6.17. The second-order valence-corrected chi connectivity index (χ2v) is 13.4. The van der Waals surface area contributed by atoms with Gasteiger partial charge in [-0.2, -0.15) is 0 Å². The summed E-state index contributed by atoms with van der Waals surface area (Å²) in [5.41, 5.74) is 2.98. The van der Waals surface area contributed by atoms with E-state index in [1.165, 1.54) is 70.6 Å². The molecule has 4 aliphatic carbocycles. The molecule has 1 heteroatoms. The number of halogens is 1. The summed E-state index contributed by atoms with van der Waals surface area (Å²) in [6.07, 6.45) is 18.6. The van der Waals surface area contributed by atoms with Crippen molar-refractivity contribution in [3.63, 3.8) is 0 Å². The molecule has 4 rings (SSSR count). The average Bonchev–Trinajstić information content (AvgIpc) is 2.99. The second kappa shape index (κ2) is 8.05. The predicted octanol–water partition coefficient (Wildman–Crippen LogP) is 8.79. The maximum Gasteiger partial charge on any atom is 0.0183 e. The third-order valence-corrected chi connectivity index (χ3v) is 11.0. The lowest BCUT2D eigenvalue weighted by Gasteiger charge is -2.58. The average molecular weight is 450 g/mol. The van der Waals surface area contributed by atoms with Gasteiger partial charge in [0.05, 0.1) is 0 Å². The summed E-state index contributed by atoms with van der Waals surface area (Å²) < 4.78 is 0. The van der Waals surface area contributed by atoms with Crippen LogP contribution in [0.15, 0.2) is 11.6 Å². The van der Waals surface area contributed by atoms with Crippen molar-refractivity contribution in [1.29, 1.82) is 0 Å². The van der Waals surface area contributed by atoms with Crippen LogP contribution in [0.2, 0.25) is 0 Å². The predicted molar refractivity (Wildman–Crippen MR) is 126 cm³/mol. The largest absolute Gasteiger partial charge is 0.0887 e. The van der Waals surface area contributed by atoms with Crippen LogP contribution in [0.1, 0.15) is 105 Å². The van der Waals surface area contributed by atoms with Gasteiger partial charge in [0.1, 0.15) is 0 Å². The number of hydrogen-bond acceptors (Lipinski definition) is 0. The minimum atomic E-state index is 0.523. The van der Waals surface area contributed by atoms with E-state index in [0.717, 1.165) is 40.3 Å². The summed E-state index contributed by atoms with van der Waals surface area (Å²) in [7, 11) is 0. The fourth-order valence-electron chi connectivity index (χ4n) is 8.64. The first-order valence-corrected chi connectivity index (χ1v) is 13.5. The van der Waals surface area contributed by atoms with Crippen molar-refractivity contribution in [2.24, 2.45) is 46.3 Å². The van der Waals surface area contributed by atoms with Crippen LogP contribution >= 0.6 is 15.9 Å². The van der Waals surface area contributed by atoms with Gasteiger partial charge in [-0.05, 0) is 97.7 Å². The van der Waals surface area contributed by atoms with Crippen LogP contribution in [0.5, 0.6) is 0 Å². The fourth-order valence-corrected chi connectivity index (χ4v) is 9.22. The molecule has 8 atom stereocenters. The molecule has 0 unspecified atom stereocenters. The quantitative estimate of drug-likeness (QED) is 0.291. The number of alkyl halides is 1. The maximum atomic E-state index is 3.93. The van der Waals surface area contributed by atoms with Gasteiger partial charge in [-0.15, -0.1) is 0 Å². The lowest BCUT2D eigenvalue weighted by atomic mass is 9.47. The standard InChI is InChI=1S/C27H45Br/c1-18(2)7-6-8-19(3)23-11-12-24-22-10-9-20-17-21(28)13-15-26(20,4)25(22)14-16-27(23,24)5/h9,18-19,21-25H,6-8,10-17H2,1-5H3/t19-,21-,22+,23-,24+,25+,26+,27-/m1/s1. The van der Waals surface area contributed by atoms with Gasteiger partial charge in [-0.1, -0.05) is 81.5 Å². The molecule has 4 aliphatic rings. The molecule has 0 saturated heterocycles. The third-order valence-electron chi connectivity index (χ3n) is 10.2. The Morgan fingerprint density at radius 3 is 2.54 bits per heavy atom. The Morgan fingerprint density at radius 1 is 1.00 bits per heavy atom. The molecule has 0 nitrogen and oxygen atoms in total. The highest BCUT2D eigenvalue weighted by atomic mass is 79.9. The maximum absolute atomic E-state index is 3.93. The first-order valence-electron chi connectivity index (χ1n) is 12.6. The molecule has 0 radical (unpaired) electrons. The lowest BCUT2D eigenvalue weighted by molar-refractivity contribution is -0.0496. The van der Waals surface area contributed by atoms with Crippen LogP contribution in [-0.2, 0) is 0 Å². The minimum Gasteiger partial charge on any atom is -0.0887 e. The van der Waals surface area contributed by atoms with Gasteiger partial charge in [0, 0.05) is 4.83 Å². The van der Waals surface area contributed by atoms with E-state index in [2.05, 4.69) is 56.6 Å². The lowest BCUT2D eigenvalue weighted by Crippen LogP contribution is -2.50. The molecule has 3 saturated carbocycles. The first-order chi connectivity index (χ1) is 13.3. The molecular weight excluding hydrogens is 404 g/mol. The molecule has 0 aromatic heterocycles. The second-order valence-electron chi connectivity index (χ2n) is 12.1. The normalized spacial score (nSPS) is 46.5. The van der Waals surface area contributed by atoms with Crippen molar-refractivity contribution in [3.8, 4) is 0 Å². The van der Waals surface area contributed by atoms with Crippen LogP contribution < -0.4 is 0 Å². The zero-order valence-corrected chi connectivity index (χ0v) is 20.9. The van der Waals surface area contributed by atoms with Crippen molar-refractivity contribution < 1.29 is 0 Å². The van der Waals surface area contributed by atoms with Gasteiger partial charge in [-0.3, -0.25) is 0 Å². The third kappa shape index (κ3) is 3.58. The number of hydrogen-bond donors (Lipinski definition) is 0. The Labute approximate surface area is 183 Å². The van der Waals surface area contributed by atoms with Crippen LogP contribution in [0.25, 0.3) is 0 Å². The van der Waals surface area contributed by atoms with Crippen molar-refractivity contribution in [2.75, 3.05) is 0 Å². The van der Waals surface area contributed by atoms with E-state index in [0.29, 0.717) is 10.8 Å². The Balaban J connectivity index is 1.49. The smallest absolute Gasteiger partial charge is 0.0183 e. The monoisotopic (exact) mass is 448 g/mol. The Bertz CT molecular complexity index is 591. The van der Waals surface area contributed by atoms with Gasteiger partial charge in [0.25, 0.3) is 0 Å². The van der Waals surface area contributed by atoms with Crippen LogP contribution in [-0.4, -0.2) is 4.83 Å². The van der Waals surface area contributed by atoms with E-state index in [4.69, 9.17) is 0 Å². The topological polar surface area (TPSA) is 0 Å². The van der Waals surface area contributed by atoms with E-state index >= 15 is 0 Å². The van der Waals surface area contributed by atoms with Crippen LogP contribution in [0.4, 0.5) is 0 Å². The molecule has 0 N–H and O–H groups in total. The molecule has 0 aromatic carbocycles. The molecule has 0 spiro atoms. The Hall–Kier alpha value is 0.220. The highest BCUT2D eigenvalue weighted by Gasteiger charge is 2.58. The molecule has 0 aliphatic heterocycles. The van der Waals surface area contributed by atoms with E-state index in [1.54, 1.807) is 0 Å². The number of rotatable bonds is 5. The number of fused-ring (bicyclic) bond motifs is 5. The minimum absolute atomic E-state index is 0.523. The Morgan fingerprint density at radius 2 is 1.79 bits per heavy atom. The highest BCUT2D eigenvalue weighted by molar-refractivity contribution is 9.09. The van der Waals surface area contributed by atoms with Crippen molar-refractivity contribution in [2.45, 2.75) is 110 Å². The zero-order valence-electron chi connectivity index (χ0n) is 19.3. The van der Waals surface area contributed by atoms with Crippen LogP contribution in [0, 0.1) is 46.3 Å². The molecule has 0 amide bonds. The van der Waals surface area contributed by atoms with E-state index in [1.807, 2.05) is 5.57 Å². The molecule has 160 valence electrons. The van der Waals surface area contributed by atoms with E-state index in [9.17, 15) is 0 Å². The molecule has 0 heterocycles. The van der Waals surface area contributed by atoms with Gasteiger partial charge in [0.2, 0.25) is 0 Å². The zero-order chi connectivity index (χ0) is 20.1. The highest BCUT2D eigenvalue weighted by Crippen LogP contribution is 2.67. The fraction of sp³-hybridized carbons (Fsp3) is 0.926. The first kappa shape index (κ1) is 21.5. The number of allylic oxidation sites excluding steroid dienone is 2. The SMILES string of the molecule is CC(C)CCC[C@@H](C)[C@H]1CC[C@H]2[C@@H]3CC=C4C[C@H](Br)CC[C@]4(C)[C@H]3CC[C@]12C. The molecular formula is C27H45Br. The van der Waals surface area contributed by atoms with Gasteiger partial charge in [-0.25, -0.2) is 0 Å². The molecule has 0 bridgehead atoms. The summed E-state index contributed by atoms with van der Waals surface area (Å²) in [6.45, 7) is 12.7. The van der Waals surface area contributed by atoms with Crippen LogP contribution in [0.3, 0.4) is 0 Å². The van der Waals surface area contributed by atoms with Crippen molar-refractivity contribution in [1.82, 2.24) is 0 Å². The van der Waals surface area contributed by atoms with Gasteiger partial charge < -0.3 is 0 Å². The van der Waals surface area contributed by atoms with E-state index in [-0.39, 0.29) is 0 Å². The summed E-state index contributed by atoms with van der Waals surface area (Å²) >= 11 is 3.93. The molecule has 0 aromatic rings. The summed E-state index contributed by atoms with van der Waals surface area (Å²) in [4.78, 5) is 0.736.